The molecule has 0 radical (unpaired) electrons. The van der Waals surface area contributed by atoms with E-state index in [9.17, 15) is 13.6 Å². The minimum atomic E-state index is -0.543. The van der Waals surface area contributed by atoms with E-state index in [2.05, 4.69) is 4.98 Å². The van der Waals surface area contributed by atoms with Crippen LogP contribution in [-0.4, -0.2) is 22.8 Å². The molecule has 0 aliphatic heterocycles. The molecule has 130 valence electrons. The summed E-state index contributed by atoms with van der Waals surface area (Å²) in [5.74, 6) is -1.16. The van der Waals surface area contributed by atoms with E-state index in [1.807, 2.05) is 24.3 Å². The lowest BCUT2D eigenvalue weighted by Crippen LogP contribution is -2.30. The number of amides is 1. The van der Waals surface area contributed by atoms with Crippen LogP contribution in [-0.2, 0) is 11.2 Å². The van der Waals surface area contributed by atoms with Gasteiger partial charge >= 0.3 is 0 Å². The summed E-state index contributed by atoms with van der Waals surface area (Å²) in [5.41, 5.74) is 1.11. The van der Waals surface area contributed by atoms with Gasteiger partial charge < -0.3 is 4.90 Å². The monoisotopic (exact) mass is 360 g/mol. The first-order valence-electron chi connectivity index (χ1n) is 8.01. The van der Waals surface area contributed by atoms with Crippen molar-refractivity contribution in [2.75, 3.05) is 7.05 Å². The Bertz CT molecular complexity index is 876. The minimum Gasteiger partial charge on any atom is -0.339 e. The first kappa shape index (κ1) is 17.5. The Labute approximate surface area is 148 Å². The first-order chi connectivity index (χ1) is 12.0. The third kappa shape index (κ3) is 3.85. The van der Waals surface area contributed by atoms with E-state index >= 15 is 0 Å². The number of benzene rings is 2. The molecule has 1 aromatic heterocycles. The highest BCUT2D eigenvalue weighted by Gasteiger charge is 2.21. The van der Waals surface area contributed by atoms with Gasteiger partial charge in [-0.1, -0.05) is 12.1 Å². The molecule has 1 amide bonds. The van der Waals surface area contributed by atoms with Gasteiger partial charge in [-0.25, -0.2) is 13.8 Å². The quantitative estimate of drug-likeness (QED) is 0.659. The average molecular weight is 360 g/mol. The number of carbonyl (C=O) groups excluding carboxylic acids is 1. The number of nitrogens with zero attached hydrogens (tertiary/aromatic N) is 2. The number of aryl methyl sites for hydroxylation is 1. The van der Waals surface area contributed by atoms with E-state index < -0.39 is 17.7 Å². The van der Waals surface area contributed by atoms with Gasteiger partial charge in [-0.2, -0.15) is 0 Å². The molecule has 0 spiro atoms. The van der Waals surface area contributed by atoms with Crippen LogP contribution < -0.4 is 0 Å². The summed E-state index contributed by atoms with van der Waals surface area (Å²) in [7, 11) is 1.61. The number of rotatable bonds is 5. The van der Waals surface area contributed by atoms with Gasteiger partial charge in [0.25, 0.3) is 0 Å². The van der Waals surface area contributed by atoms with Crippen molar-refractivity contribution < 1.29 is 13.6 Å². The standard InChI is InChI=1S/C19H18F2N2OS/c1-12(14-11-13(20)7-8-15(14)21)23(2)19(24)10-9-18-22-16-5-3-4-6-17(16)25-18/h3-8,11-12H,9-10H2,1-2H3. The van der Waals surface area contributed by atoms with Gasteiger partial charge in [-0.15, -0.1) is 11.3 Å². The second kappa shape index (κ2) is 7.27. The van der Waals surface area contributed by atoms with Gasteiger partial charge in [0.05, 0.1) is 21.3 Å². The summed E-state index contributed by atoms with van der Waals surface area (Å²) in [5, 5.41) is 0.896. The summed E-state index contributed by atoms with van der Waals surface area (Å²) in [6, 6.07) is 10.6. The molecule has 0 bridgehead atoms. The predicted molar refractivity (Wildman–Crippen MR) is 95.5 cm³/mol. The van der Waals surface area contributed by atoms with Crippen LogP contribution >= 0.6 is 11.3 Å². The third-order valence-corrected chi connectivity index (χ3v) is 5.37. The molecule has 0 aliphatic rings. The molecule has 1 heterocycles. The van der Waals surface area contributed by atoms with Crippen LogP contribution in [0.25, 0.3) is 10.2 Å². The number of para-hydroxylation sites is 1. The summed E-state index contributed by atoms with van der Waals surface area (Å²) in [6.07, 6.45) is 0.804. The fraction of sp³-hybridized carbons (Fsp3) is 0.263. The number of hydrogen-bond donors (Lipinski definition) is 0. The molecule has 0 N–H and O–H groups in total. The zero-order valence-electron chi connectivity index (χ0n) is 14.0. The van der Waals surface area contributed by atoms with E-state index in [1.165, 1.54) is 4.90 Å². The van der Waals surface area contributed by atoms with E-state index in [-0.39, 0.29) is 17.9 Å². The number of hydrogen-bond acceptors (Lipinski definition) is 3. The van der Waals surface area contributed by atoms with Crippen LogP contribution in [0.15, 0.2) is 42.5 Å². The Morgan fingerprint density at radius 1 is 1.24 bits per heavy atom. The van der Waals surface area contributed by atoms with Crippen molar-refractivity contribution in [3.05, 3.63) is 64.7 Å². The summed E-state index contributed by atoms with van der Waals surface area (Å²) < 4.78 is 28.4. The highest BCUT2D eigenvalue weighted by molar-refractivity contribution is 7.18. The molecule has 6 heteroatoms. The van der Waals surface area contributed by atoms with Crippen LogP contribution in [0, 0.1) is 11.6 Å². The normalized spacial score (nSPS) is 12.3. The fourth-order valence-electron chi connectivity index (χ4n) is 2.68. The number of carbonyl (C=O) groups is 1. The molecule has 1 unspecified atom stereocenters. The maximum Gasteiger partial charge on any atom is 0.223 e. The highest BCUT2D eigenvalue weighted by Crippen LogP contribution is 2.25. The minimum absolute atomic E-state index is 0.129. The molecule has 3 rings (SSSR count). The van der Waals surface area contributed by atoms with E-state index in [0.717, 1.165) is 33.4 Å². The van der Waals surface area contributed by atoms with Crippen LogP contribution in [0.5, 0.6) is 0 Å². The second-order valence-corrected chi connectivity index (χ2v) is 7.04. The number of halogens is 2. The number of thiazole rings is 1. The molecular weight excluding hydrogens is 342 g/mol. The molecule has 0 saturated heterocycles. The zero-order valence-corrected chi connectivity index (χ0v) is 14.8. The molecular formula is C19H18F2N2OS. The average Bonchev–Trinajstić information content (AvgIpc) is 3.03. The predicted octanol–water partition coefficient (Wildman–Crippen LogP) is 4.73. The lowest BCUT2D eigenvalue weighted by atomic mass is 10.1. The maximum atomic E-state index is 13.9. The SMILES string of the molecule is CC(c1cc(F)ccc1F)N(C)C(=O)CCc1nc2ccccc2s1. The van der Waals surface area contributed by atoms with Crippen molar-refractivity contribution in [1.82, 2.24) is 9.88 Å². The van der Waals surface area contributed by atoms with Gasteiger partial charge in [0.15, 0.2) is 0 Å². The molecule has 2 aromatic carbocycles. The largest absolute Gasteiger partial charge is 0.339 e. The molecule has 3 nitrogen and oxygen atoms in total. The Balaban J connectivity index is 1.66. The number of fused-ring (bicyclic) bond motifs is 1. The summed E-state index contributed by atoms with van der Waals surface area (Å²) >= 11 is 1.57. The zero-order chi connectivity index (χ0) is 18.0. The maximum absolute atomic E-state index is 13.9. The van der Waals surface area contributed by atoms with Gasteiger partial charge in [0.2, 0.25) is 5.91 Å². The van der Waals surface area contributed by atoms with Gasteiger partial charge in [0, 0.05) is 25.5 Å². The third-order valence-electron chi connectivity index (χ3n) is 4.27. The number of aromatic nitrogens is 1. The molecule has 1 atom stereocenters. The topological polar surface area (TPSA) is 33.2 Å². The summed E-state index contributed by atoms with van der Waals surface area (Å²) in [4.78, 5) is 18.4. The highest BCUT2D eigenvalue weighted by atomic mass is 32.1. The lowest BCUT2D eigenvalue weighted by molar-refractivity contribution is -0.131. The van der Waals surface area contributed by atoms with Crippen LogP contribution in [0.3, 0.4) is 0 Å². The summed E-state index contributed by atoms with van der Waals surface area (Å²) in [6.45, 7) is 1.69. The lowest BCUT2D eigenvalue weighted by Gasteiger charge is -2.25. The van der Waals surface area contributed by atoms with Crippen LogP contribution in [0.1, 0.15) is 30.0 Å². The van der Waals surface area contributed by atoms with Crippen molar-refractivity contribution in [2.24, 2.45) is 0 Å². The van der Waals surface area contributed by atoms with Crippen LogP contribution in [0.4, 0.5) is 8.78 Å². The Hall–Kier alpha value is -2.34. The molecule has 0 aliphatic carbocycles. The van der Waals surface area contributed by atoms with Crippen LogP contribution in [0.2, 0.25) is 0 Å². The smallest absolute Gasteiger partial charge is 0.223 e. The van der Waals surface area contributed by atoms with Crippen molar-refractivity contribution >= 4 is 27.5 Å². The fourth-order valence-corrected chi connectivity index (χ4v) is 3.64. The molecule has 0 fully saturated rings. The molecule has 3 aromatic rings. The Kier molecular flexibility index (Phi) is 5.08. The van der Waals surface area contributed by atoms with Crippen molar-refractivity contribution in [3.8, 4) is 0 Å². The Morgan fingerprint density at radius 3 is 2.76 bits per heavy atom. The van der Waals surface area contributed by atoms with E-state index in [4.69, 9.17) is 0 Å². The van der Waals surface area contributed by atoms with E-state index in [1.54, 1.807) is 25.3 Å². The second-order valence-electron chi connectivity index (χ2n) is 5.92. The van der Waals surface area contributed by atoms with Crippen molar-refractivity contribution in [1.29, 1.82) is 0 Å². The Morgan fingerprint density at radius 2 is 2.00 bits per heavy atom. The molecule has 25 heavy (non-hydrogen) atoms. The van der Waals surface area contributed by atoms with E-state index in [0.29, 0.717) is 6.42 Å². The van der Waals surface area contributed by atoms with Crippen molar-refractivity contribution in [2.45, 2.75) is 25.8 Å². The van der Waals surface area contributed by atoms with Gasteiger partial charge in [-0.05, 0) is 37.3 Å². The first-order valence-corrected chi connectivity index (χ1v) is 8.82. The van der Waals surface area contributed by atoms with Crippen molar-refractivity contribution in [3.63, 3.8) is 0 Å². The van der Waals surface area contributed by atoms with Gasteiger partial charge in [-0.3, -0.25) is 4.79 Å². The molecule has 0 saturated carbocycles. The van der Waals surface area contributed by atoms with Gasteiger partial charge in [0.1, 0.15) is 11.6 Å².